The quantitative estimate of drug-likeness (QED) is 0.148. The SMILES string of the molecule is [Pt].[c-]1c(Oc2[c-]c3c(cc2)c2ccccc2n3-c2ccccn2)cccc1N1[CH-]N(c2c(-c3ccncc3)cccc2-c2ccncc2)c2c1ccc1ccccc21. The number of fused-ring (bicyclic) bond motifs is 6. The second-order valence-corrected chi connectivity index (χ2v) is 13.8. The summed E-state index contributed by atoms with van der Waals surface area (Å²) in [6, 6.07) is 59.2. The van der Waals surface area contributed by atoms with Crippen molar-refractivity contribution in [3.63, 3.8) is 0 Å². The second-order valence-electron chi connectivity index (χ2n) is 13.8. The Morgan fingerprint density at radius 1 is 0.500 bits per heavy atom. The zero-order valence-electron chi connectivity index (χ0n) is 30.8. The first-order valence-electron chi connectivity index (χ1n) is 18.7. The fourth-order valence-corrected chi connectivity index (χ4v) is 8.03. The molecule has 0 N–H and O–H groups in total. The average molecular weight is 927 g/mol. The van der Waals surface area contributed by atoms with Gasteiger partial charge in [-0.25, -0.2) is 4.98 Å². The molecule has 0 saturated heterocycles. The molecule has 0 saturated carbocycles. The number of rotatable bonds is 7. The number of hydrogen-bond acceptors (Lipinski definition) is 6. The van der Waals surface area contributed by atoms with E-state index in [2.05, 4.69) is 157 Å². The van der Waals surface area contributed by atoms with Gasteiger partial charge in [-0.15, -0.1) is 48.1 Å². The van der Waals surface area contributed by atoms with Crippen molar-refractivity contribution in [1.82, 2.24) is 19.5 Å². The molecule has 0 radical (unpaired) electrons. The molecule has 6 aromatic carbocycles. The summed E-state index contributed by atoms with van der Waals surface area (Å²) < 4.78 is 8.72. The van der Waals surface area contributed by atoms with Crippen LogP contribution in [0.4, 0.5) is 22.7 Å². The van der Waals surface area contributed by atoms with Crippen molar-refractivity contribution in [2.24, 2.45) is 0 Å². The third-order valence-electron chi connectivity index (χ3n) is 10.5. The Kier molecular flexibility index (Phi) is 9.00. The third-order valence-corrected chi connectivity index (χ3v) is 10.5. The van der Waals surface area contributed by atoms with Crippen LogP contribution in [0.15, 0.2) is 183 Å². The second kappa shape index (κ2) is 14.8. The first-order chi connectivity index (χ1) is 28.3. The molecule has 0 bridgehead atoms. The number of anilines is 4. The molecule has 0 spiro atoms. The van der Waals surface area contributed by atoms with Crippen LogP contribution >= 0.6 is 0 Å². The number of pyridine rings is 3. The molecular weight excluding hydrogens is 896 g/mol. The van der Waals surface area contributed by atoms with E-state index >= 15 is 0 Å². The Balaban J connectivity index is 0.00000408. The van der Waals surface area contributed by atoms with Crippen LogP contribution in [0.25, 0.3) is 60.6 Å². The van der Waals surface area contributed by atoms with Gasteiger partial charge in [0.2, 0.25) is 0 Å². The molecule has 0 amide bonds. The van der Waals surface area contributed by atoms with Crippen molar-refractivity contribution in [2.45, 2.75) is 0 Å². The Morgan fingerprint density at radius 2 is 1.19 bits per heavy atom. The van der Waals surface area contributed by atoms with Crippen molar-refractivity contribution in [1.29, 1.82) is 0 Å². The number of ether oxygens (including phenoxy) is 1. The molecule has 0 aliphatic carbocycles. The maximum Gasteiger partial charge on any atom is 0.135 e. The molecule has 10 aromatic rings. The topological polar surface area (TPSA) is 59.3 Å². The Bertz CT molecular complexity index is 3040. The van der Waals surface area contributed by atoms with Gasteiger partial charge in [-0.1, -0.05) is 78.3 Å². The monoisotopic (exact) mass is 926 g/mol. The van der Waals surface area contributed by atoms with Crippen molar-refractivity contribution >= 4 is 55.3 Å². The summed E-state index contributed by atoms with van der Waals surface area (Å²) in [7, 11) is 0. The summed E-state index contributed by atoms with van der Waals surface area (Å²) in [5, 5.41) is 4.50. The molecule has 8 heteroatoms. The predicted molar refractivity (Wildman–Crippen MR) is 228 cm³/mol. The number of para-hydroxylation sites is 2. The van der Waals surface area contributed by atoms with E-state index in [-0.39, 0.29) is 21.1 Å². The van der Waals surface area contributed by atoms with E-state index in [1.165, 1.54) is 0 Å². The summed E-state index contributed by atoms with van der Waals surface area (Å²) in [5.41, 5.74) is 10.2. The normalized spacial score (nSPS) is 12.2. The van der Waals surface area contributed by atoms with Crippen LogP contribution in [0.5, 0.6) is 11.5 Å². The van der Waals surface area contributed by atoms with Crippen LogP contribution in [0.1, 0.15) is 0 Å². The fourth-order valence-electron chi connectivity index (χ4n) is 8.03. The van der Waals surface area contributed by atoms with E-state index in [1.54, 1.807) is 0 Å². The maximum atomic E-state index is 6.59. The molecule has 58 heavy (non-hydrogen) atoms. The number of aromatic nitrogens is 4. The Labute approximate surface area is 349 Å². The third kappa shape index (κ3) is 5.99. The predicted octanol–water partition coefficient (Wildman–Crippen LogP) is 12.3. The van der Waals surface area contributed by atoms with Gasteiger partial charge in [0.25, 0.3) is 0 Å². The first kappa shape index (κ1) is 35.3. The largest absolute Gasteiger partial charge is 0.509 e. The van der Waals surface area contributed by atoms with Crippen LogP contribution in [-0.2, 0) is 21.1 Å². The average Bonchev–Trinajstić information content (AvgIpc) is 3.83. The molecule has 1 aliphatic heterocycles. The van der Waals surface area contributed by atoms with E-state index in [0.717, 1.165) is 83.4 Å². The minimum Gasteiger partial charge on any atom is -0.509 e. The van der Waals surface area contributed by atoms with Crippen molar-refractivity contribution in [2.75, 3.05) is 9.80 Å². The van der Waals surface area contributed by atoms with Crippen LogP contribution in [-0.4, -0.2) is 19.5 Å². The molecule has 0 atom stereocenters. The van der Waals surface area contributed by atoms with Crippen molar-refractivity contribution < 1.29 is 25.8 Å². The van der Waals surface area contributed by atoms with Gasteiger partial charge in [0, 0.05) is 103 Å². The minimum atomic E-state index is 0. The van der Waals surface area contributed by atoms with Gasteiger partial charge in [0.05, 0.1) is 0 Å². The minimum absolute atomic E-state index is 0. The van der Waals surface area contributed by atoms with E-state index in [9.17, 15) is 0 Å². The number of hydrogen-bond donors (Lipinski definition) is 0. The molecule has 7 nitrogen and oxygen atoms in total. The van der Waals surface area contributed by atoms with Crippen LogP contribution in [0.3, 0.4) is 0 Å². The summed E-state index contributed by atoms with van der Waals surface area (Å²) >= 11 is 0. The Morgan fingerprint density at radius 3 is 1.95 bits per heavy atom. The van der Waals surface area contributed by atoms with E-state index in [0.29, 0.717) is 11.5 Å². The number of nitrogens with zero attached hydrogens (tertiary/aromatic N) is 6. The van der Waals surface area contributed by atoms with Crippen LogP contribution < -0.4 is 14.5 Å². The van der Waals surface area contributed by atoms with Gasteiger partial charge < -0.3 is 19.1 Å². The summed E-state index contributed by atoms with van der Waals surface area (Å²) in [5.74, 6) is 1.98. The van der Waals surface area contributed by atoms with Crippen LogP contribution in [0, 0.1) is 18.8 Å². The first-order valence-corrected chi connectivity index (χ1v) is 18.7. The van der Waals surface area contributed by atoms with Gasteiger partial charge in [-0.05, 0) is 70.4 Å². The summed E-state index contributed by atoms with van der Waals surface area (Å²) in [6.45, 7) is 2.17. The molecule has 0 fully saturated rings. The Hall–Kier alpha value is -7.08. The zero-order chi connectivity index (χ0) is 37.7. The van der Waals surface area contributed by atoms with Crippen molar-refractivity contribution in [3.8, 4) is 39.6 Å². The van der Waals surface area contributed by atoms with E-state index in [4.69, 9.17) is 4.74 Å². The molecule has 280 valence electrons. The fraction of sp³-hybridized carbons (Fsp3) is 0. The van der Waals surface area contributed by atoms with Gasteiger partial charge in [0.15, 0.2) is 0 Å². The smallest absolute Gasteiger partial charge is 0.135 e. The maximum absolute atomic E-state index is 6.59. The van der Waals surface area contributed by atoms with Gasteiger partial charge in [-0.2, -0.15) is 12.1 Å². The van der Waals surface area contributed by atoms with Gasteiger partial charge in [-0.3, -0.25) is 9.97 Å². The van der Waals surface area contributed by atoms with E-state index in [1.807, 2.05) is 73.4 Å². The molecule has 4 aromatic heterocycles. The zero-order valence-corrected chi connectivity index (χ0v) is 33.1. The molecule has 11 rings (SSSR count). The van der Waals surface area contributed by atoms with Crippen molar-refractivity contribution in [3.05, 3.63) is 201 Å². The molecule has 5 heterocycles. The van der Waals surface area contributed by atoms with Gasteiger partial charge >= 0.3 is 0 Å². The number of benzene rings is 6. The molecule has 1 aliphatic rings. The summed E-state index contributed by atoms with van der Waals surface area (Å²) in [4.78, 5) is 17.9. The van der Waals surface area contributed by atoms with E-state index < -0.39 is 0 Å². The standard InChI is InChI=1S/C50H31N6O.Pt/c1-2-12-42-34(9-1)18-21-46-50(42)55(49-40(35-22-27-51-28-23-35)14-8-15-41(49)36-24-29-52-30-25-36)33-54(46)37-10-7-11-38(31-37)57-39-19-20-44-43-13-3-4-16-45(43)56(47(44)32-39)48-17-5-6-26-53-48;/h1-30,33H;/q-3;. The summed E-state index contributed by atoms with van der Waals surface area (Å²) in [6.07, 6.45) is 9.18. The van der Waals surface area contributed by atoms with Crippen LogP contribution in [0.2, 0.25) is 0 Å². The van der Waals surface area contributed by atoms with Gasteiger partial charge in [0.1, 0.15) is 5.82 Å². The molecule has 0 unspecified atom stereocenters. The molecular formula is C50H31N6OPt-3.